The van der Waals surface area contributed by atoms with E-state index < -0.39 is 29.9 Å². The van der Waals surface area contributed by atoms with Crippen LogP contribution in [-0.2, 0) is 25.6 Å². The number of nitrogens with one attached hydrogen (secondary N) is 2. The van der Waals surface area contributed by atoms with E-state index in [0.717, 1.165) is 31.8 Å². The Morgan fingerprint density at radius 1 is 0.977 bits per heavy atom. The summed E-state index contributed by atoms with van der Waals surface area (Å²) in [6, 6.07) is 24.5. The fourth-order valence-corrected chi connectivity index (χ4v) is 6.28. The number of oxime groups is 1. The van der Waals surface area contributed by atoms with Gasteiger partial charge in [0.1, 0.15) is 19.2 Å². The minimum atomic E-state index is -1.24. The summed E-state index contributed by atoms with van der Waals surface area (Å²) < 4.78 is 5.01. The van der Waals surface area contributed by atoms with Gasteiger partial charge in [0.15, 0.2) is 5.13 Å². The molecule has 0 aliphatic carbocycles. The van der Waals surface area contributed by atoms with Crippen LogP contribution in [0.3, 0.4) is 0 Å². The van der Waals surface area contributed by atoms with E-state index in [-0.39, 0.29) is 34.1 Å². The summed E-state index contributed by atoms with van der Waals surface area (Å²) in [5, 5.41) is 19.1. The molecule has 3 aromatic carbocycles. The van der Waals surface area contributed by atoms with Crippen LogP contribution in [-0.4, -0.2) is 62.9 Å². The topological polar surface area (TPSA) is 169 Å². The highest BCUT2D eigenvalue weighted by atomic mass is 127. The first-order valence-corrected chi connectivity index (χ1v) is 16.2. The van der Waals surface area contributed by atoms with Crippen molar-refractivity contribution in [3.05, 3.63) is 111 Å². The molecule has 4 rings (SSSR count). The third-order valence-corrected chi connectivity index (χ3v) is 8.94. The van der Waals surface area contributed by atoms with Gasteiger partial charge in [-0.05, 0) is 51.4 Å². The minimum absolute atomic E-state index is 0.0621. The van der Waals surface area contributed by atoms with E-state index in [1.165, 1.54) is 18.9 Å². The maximum atomic E-state index is 13.7. The van der Waals surface area contributed by atoms with Crippen molar-refractivity contribution in [3.8, 4) is 0 Å². The lowest BCUT2D eigenvalue weighted by Gasteiger charge is -2.23. The molecule has 14 heteroatoms. The second kappa shape index (κ2) is 16.2. The van der Waals surface area contributed by atoms with Crippen molar-refractivity contribution in [2.45, 2.75) is 23.8 Å². The summed E-state index contributed by atoms with van der Waals surface area (Å²) in [6.45, 7) is 0. The van der Waals surface area contributed by atoms with Crippen molar-refractivity contribution >= 4 is 74.5 Å². The third kappa shape index (κ3) is 9.24. The molecular weight excluding hydrogens is 715 g/mol. The summed E-state index contributed by atoms with van der Waals surface area (Å²) in [5.41, 5.74) is 8.16. The lowest BCUT2D eigenvalue weighted by atomic mass is 10.0. The van der Waals surface area contributed by atoms with Crippen molar-refractivity contribution in [1.82, 2.24) is 20.0 Å². The molecule has 1 heterocycles. The zero-order valence-corrected chi connectivity index (χ0v) is 27.2. The van der Waals surface area contributed by atoms with Gasteiger partial charge in [-0.3, -0.25) is 9.59 Å². The number of carboxylic acids is 1. The molecule has 2 atom stereocenters. The Morgan fingerprint density at radius 2 is 1.59 bits per heavy atom. The Balaban J connectivity index is 1.55. The molecule has 0 unspecified atom stereocenters. The summed E-state index contributed by atoms with van der Waals surface area (Å²) >= 11 is 4.44. The van der Waals surface area contributed by atoms with Gasteiger partial charge in [0.05, 0.1) is 5.25 Å². The van der Waals surface area contributed by atoms with Gasteiger partial charge in [-0.1, -0.05) is 78.0 Å². The smallest absolute Gasteiger partial charge is 0.327 e. The Labute approximate surface area is 276 Å². The molecule has 11 nitrogen and oxygen atoms in total. The predicted molar refractivity (Wildman–Crippen MR) is 179 cm³/mol. The zero-order chi connectivity index (χ0) is 31.5. The number of aromatic nitrogens is 2. The molecule has 4 aromatic rings. The highest BCUT2D eigenvalue weighted by Crippen LogP contribution is 2.35. The summed E-state index contributed by atoms with van der Waals surface area (Å²) in [7, 11) is 1.26. The molecule has 5 N–H and O–H groups in total. The number of halogens is 1. The second-order valence-corrected chi connectivity index (χ2v) is 12.5. The first-order chi connectivity index (χ1) is 21.2. The fraction of sp³-hybridized carbons (Fsp3) is 0.200. The molecule has 0 bridgehead atoms. The van der Waals surface area contributed by atoms with E-state index in [4.69, 9.17) is 10.6 Å². The number of hydrogen-bond acceptors (Lipinski definition) is 10. The zero-order valence-electron chi connectivity index (χ0n) is 23.4. The SMILES string of the molecule is CO/N=C(/C(=O)N[C@H](Cc1ccc(I)cc1)C(=O)N[C@@H](CSC(c1ccccc1)c1ccccc1)C(=O)O)c1nsc(N)n1. The molecule has 0 spiro atoms. The summed E-state index contributed by atoms with van der Waals surface area (Å²) in [4.78, 5) is 48.1. The second-order valence-electron chi connectivity index (χ2n) is 9.37. The largest absolute Gasteiger partial charge is 0.480 e. The van der Waals surface area contributed by atoms with E-state index in [2.05, 4.69) is 47.7 Å². The van der Waals surface area contributed by atoms with Crippen molar-refractivity contribution in [2.75, 3.05) is 18.6 Å². The number of thioether (sulfide) groups is 1. The summed E-state index contributed by atoms with van der Waals surface area (Å²) in [5.74, 6) is -2.66. The van der Waals surface area contributed by atoms with Crippen LogP contribution in [0.15, 0.2) is 90.1 Å². The molecule has 44 heavy (non-hydrogen) atoms. The third-order valence-electron chi connectivity index (χ3n) is 6.27. The number of anilines is 1. The molecule has 2 amide bonds. The Bertz CT molecular complexity index is 1550. The van der Waals surface area contributed by atoms with Crippen LogP contribution < -0.4 is 16.4 Å². The number of hydrogen-bond donors (Lipinski definition) is 4. The van der Waals surface area contributed by atoms with E-state index >= 15 is 0 Å². The molecule has 0 saturated heterocycles. The van der Waals surface area contributed by atoms with Gasteiger partial charge in [-0.15, -0.1) is 11.8 Å². The average Bonchev–Trinajstić information content (AvgIpc) is 3.46. The average molecular weight is 745 g/mol. The van der Waals surface area contributed by atoms with Crippen molar-refractivity contribution < 1.29 is 24.3 Å². The van der Waals surface area contributed by atoms with Crippen molar-refractivity contribution in [1.29, 1.82) is 0 Å². The number of rotatable bonds is 14. The number of aliphatic carboxylic acids is 1. The van der Waals surface area contributed by atoms with E-state index in [1.54, 1.807) is 0 Å². The molecule has 228 valence electrons. The van der Waals surface area contributed by atoms with Crippen molar-refractivity contribution in [2.24, 2.45) is 5.16 Å². The first kappa shape index (κ1) is 32.9. The first-order valence-electron chi connectivity index (χ1n) is 13.3. The van der Waals surface area contributed by atoms with Crippen LogP contribution in [0, 0.1) is 3.57 Å². The normalized spacial score (nSPS) is 12.8. The molecule has 0 saturated carbocycles. The van der Waals surface area contributed by atoms with E-state index in [1.807, 2.05) is 84.9 Å². The lowest BCUT2D eigenvalue weighted by Crippen LogP contribution is -2.54. The predicted octanol–water partition coefficient (Wildman–Crippen LogP) is 3.90. The summed E-state index contributed by atoms with van der Waals surface area (Å²) in [6.07, 6.45) is 0.0809. The van der Waals surface area contributed by atoms with Crippen LogP contribution in [0.2, 0.25) is 0 Å². The van der Waals surface area contributed by atoms with E-state index in [9.17, 15) is 19.5 Å². The number of benzene rings is 3. The van der Waals surface area contributed by atoms with Crippen LogP contribution in [0.5, 0.6) is 0 Å². The fourth-order valence-electron chi connectivity index (χ4n) is 4.18. The minimum Gasteiger partial charge on any atom is -0.480 e. The Kier molecular flexibility index (Phi) is 12.1. The lowest BCUT2D eigenvalue weighted by molar-refractivity contribution is -0.141. The van der Waals surface area contributed by atoms with Gasteiger partial charge >= 0.3 is 5.97 Å². The van der Waals surface area contributed by atoms with Crippen molar-refractivity contribution in [3.63, 3.8) is 0 Å². The number of carbonyl (C=O) groups excluding carboxylic acids is 2. The standard InChI is InChI=1S/C30H29IN6O5S2/c1-42-36-24(26-35-30(32)44-37-26)28(39)33-22(16-18-12-14-21(31)15-13-18)27(38)34-23(29(40)41)17-43-25(19-8-4-2-5-9-19)20-10-6-3-7-11-20/h2-15,22-23,25H,16-17H2,1H3,(H,33,39)(H,34,38)(H,40,41)(H2,32,35,37)/b36-24+/t22-,23+/m1/s1. The highest BCUT2D eigenvalue weighted by Gasteiger charge is 2.30. The van der Waals surface area contributed by atoms with Gasteiger partial charge in [0.2, 0.25) is 17.4 Å². The molecule has 0 aliphatic rings. The Morgan fingerprint density at radius 3 is 2.11 bits per heavy atom. The molecule has 0 radical (unpaired) electrons. The molecule has 1 aromatic heterocycles. The number of nitrogens with two attached hydrogens (primary N) is 1. The number of carbonyl (C=O) groups is 3. The monoisotopic (exact) mass is 744 g/mol. The molecule has 0 aliphatic heterocycles. The highest BCUT2D eigenvalue weighted by molar-refractivity contribution is 14.1. The molecular formula is C30H29IN6O5S2. The van der Waals surface area contributed by atoms with Crippen LogP contribution in [0.1, 0.15) is 27.8 Å². The Hall–Kier alpha value is -4.02. The maximum Gasteiger partial charge on any atom is 0.327 e. The van der Waals surface area contributed by atoms with Gasteiger partial charge in [-0.25, -0.2) is 4.79 Å². The number of carboxylic acid groups (broad SMARTS) is 1. The number of amides is 2. The maximum absolute atomic E-state index is 13.7. The molecule has 0 fully saturated rings. The van der Waals surface area contributed by atoms with Gasteiger partial charge in [-0.2, -0.15) is 9.36 Å². The van der Waals surface area contributed by atoms with Crippen LogP contribution in [0.25, 0.3) is 0 Å². The van der Waals surface area contributed by atoms with Gasteiger partial charge in [0, 0.05) is 27.3 Å². The van der Waals surface area contributed by atoms with Crippen LogP contribution in [0.4, 0.5) is 5.13 Å². The van der Waals surface area contributed by atoms with Crippen LogP contribution >= 0.6 is 45.9 Å². The van der Waals surface area contributed by atoms with Gasteiger partial charge in [0.25, 0.3) is 5.91 Å². The van der Waals surface area contributed by atoms with E-state index in [0.29, 0.717) is 0 Å². The number of nitrogen functional groups attached to an aromatic ring is 1. The number of nitrogens with zero attached hydrogens (tertiary/aromatic N) is 3. The quantitative estimate of drug-likeness (QED) is 0.0851. The van der Waals surface area contributed by atoms with Gasteiger partial charge < -0.3 is 26.3 Å².